The quantitative estimate of drug-likeness (QED) is 0.397. The van der Waals surface area contributed by atoms with Crippen molar-refractivity contribution in [2.24, 2.45) is 0 Å². The van der Waals surface area contributed by atoms with E-state index in [0.29, 0.717) is 12.2 Å². The first-order valence-electron chi connectivity index (χ1n) is 8.31. The molecule has 3 rings (SSSR count). The highest BCUT2D eigenvalue weighted by atomic mass is 16.6. The van der Waals surface area contributed by atoms with Crippen molar-refractivity contribution in [3.63, 3.8) is 0 Å². The summed E-state index contributed by atoms with van der Waals surface area (Å²) in [6.07, 6.45) is -3.70. The van der Waals surface area contributed by atoms with E-state index in [1.165, 1.54) is 6.20 Å². The van der Waals surface area contributed by atoms with Crippen LogP contribution in [-0.4, -0.2) is 55.0 Å². The molecule has 0 bridgehead atoms. The van der Waals surface area contributed by atoms with Crippen molar-refractivity contribution < 1.29 is 30.0 Å². The summed E-state index contributed by atoms with van der Waals surface area (Å²) < 4.78 is 11.9. The number of aliphatic hydroxyl groups is 3. The fourth-order valence-electron chi connectivity index (χ4n) is 2.86. The van der Waals surface area contributed by atoms with Gasteiger partial charge in [-0.15, -0.1) is 0 Å². The van der Waals surface area contributed by atoms with Crippen LogP contribution in [0.3, 0.4) is 0 Å². The Morgan fingerprint density at radius 3 is 2.56 bits per heavy atom. The summed E-state index contributed by atoms with van der Waals surface area (Å²) in [6, 6.07) is 9.43. The topological polar surface area (TPSA) is 146 Å². The van der Waals surface area contributed by atoms with Crippen molar-refractivity contribution in [2.75, 3.05) is 12.1 Å². The Kier molecular flexibility index (Phi) is 6.16. The molecular weight excluding hydrogens is 358 g/mol. The third kappa shape index (κ3) is 4.16. The number of hydrogen-bond acceptors (Lipinski definition) is 9. The lowest BCUT2D eigenvalue weighted by Gasteiger charge is -2.19. The second kappa shape index (κ2) is 8.57. The van der Waals surface area contributed by atoms with Gasteiger partial charge in [0.25, 0.3) is 0 Å². The molecule has 1 aromatic carbocycles. The van der Waals surface area contributed by atoms with Crippen molar-refractivity contribution in [3.05, 3.63) is 58.1 Å². The third-order valence-corrected chi connectivity index (χ3v) is 4.29. The summed E-state index contributed by atoms with van der Waals surface area (Å²) in [6.45, 7) is -0.196. The number of nitrogens with one attached hydrogen (secondary N) is 1. The van der Waals surface area contributed by atoms with Crippen LogP contribution >= 0.6 is 0 Å². The van der Waals surface area contributed by atoms with Crippen molar-refractivity contribution in [3.8, 4) is 0 Å². The van der Waals surface area contributed by atoms with Gasteiger partial charge in [0.15, 0.2) is 12.0 Å². The monoisotopic (exact) mass is 379 g/mol. The maximum absolute atomic E-state index is 12.2. The molecule has 146 valence electrons. The van der Waals surface area contributed by atoms with Crippen LogP contribution in [0.15, 0.2) is 41.3 Å². The van der Waals surface area contributed by atoms with E-state index in [2.05, 4.69) is 4.98 Å². The molecule has 27 heavy (non-hydrogen) atoms. The van der Waals surface area contributed by atoms with Crippen LogP contribution in [0.4, 0.5) is 5.82 Å². The predicted molar refractivity (Wildman–Crippen MR) is 91.9 cm³/mol. The van der Waals surface area contributed by atoms with Crippen LogP contribution in [0.2, 0.25) is 0 Å². The Labute approximate surface area is 154 Å². The smallest absolute Gasteiger partial charge is 0.351 e. The summed E-state index contributed by atoms with van der Waals surface area (Å²) in [5.41, 5.74) is 2.32. The fraction of sp³-hybridized carbons (Fsp3) is 0.412. The number of aromatic nitrogens is 2. The Morgan fingerprint density at radius 1 is 1.19 bits per heavy atom. The van der Waals surface area contributed by atoms with Crippen LogP contribution in [0.25, 0.3) is 0 Å². The molecule has 1 aliphatic rings. The Balaban J connectivity index is 1.80. The van der Waals surface area contributed by atoms with E-state index in [1.807, 2.05) is 35.8 Å². The predicted octanol–water partition coefficient (Wildman–Crippen LogP) is -0.627. The van der Waals surface area contributed by atoms with Crippen LogP contribution in [0.5, 0.6) is 0 Å². The van der Waals surface area contributed by atoms with Gasteiger partial charge in [-0.3, -0.25) is 15.3 Å². The average Bonchev–Trinajstić information content (AvgIpc) is 2.97. The lowest BCUT2D eigenvalue weighted by molar-refractivity contribution is -0.0552. The summed E-state index contributed by atoms with van der Waals surface area (Å²) in [5, 5.41) is 38.4. The molecule has 2 heterocycles. The van der Waals surface area contributed by atoms with E-state index in [0.717, 1.165) is 10.1 Å². The first-order valence-corrected chi connectivity index (χ1v) is 8.31. The molecule has 1 aromatic heterocycles. The number of anilines is 1. The van der Waals surface area contributed by atoms with Gasteiger partial charge in [0.2, 0.25) is 0 Å². The van der Waals surface area contributed by atoms with E-state index in [-0.39, 0.29) is 12.4 Å². The standard InChI is InChI=1S/C17H21N3O7/c21-7-12-13(22)14(23)16(27-12)20-6-11(15(19-25)18-17(20)24)9-26-8-10-4-2-1-3-5-10/h1-6,12-14,16,21-23,25H,7-9H2,(H,18,19,24)/t12-,13-,14-,16-/m1/s1. The molecule has 0 radical (unpaired) electrons. The van der Waals surface area contributed by atoms with E-state index >= 15 is 0 Å². The zero-order chi connectivity index (χ0) is 19.4. The van der Waals surface area contributed by atoms with Gasteiger partial charge >= 0.3 is 5.69 Å². The highest BCUT2D eigenvalue weighted by Gasteiger charge is 2.43. The molecule has 4 atom stereocenters. The minimum absolute atomic E-state index is 0.0138. The van der Waals surface area contributed by atoms with E-state index < -0.39 is 36.8 Å². The van der Waals surface area contributed by atoms with E-state index in [4.69, 9.17) is 9.47 Å². The lowest BCUT2D eigenvalue weighted by Crippen LogP contribution is -2.36. The van der Waals surface area contributed by atoms with Crippen LogP contribution in [0.1, 0.15) is 17.4 Å². The highest BCUT2D eigenvalue weighted by Crippen LogP contribution is 2.28. The molecule has 0 unspecified atom stereocenters. The zero-order valence-electron chi connectivity index (χ0n) is 14.3. The lowest BCUT2D eigenvalue weighted by atomic mass is 10.1. The molecule has 1 saturated heterocycles. The summed E-state index contributed by atoms with van der Waals surface area (Å²) in [4.78, 5) is 15.9. The van der Waals surface area contributed by atoms with Gasteiger partial charge in [0.05, 0.1) is 19.8 Å². The molecular formula is C17H21N3O7. The normalized spacial score (nSPS) is 24.9. The van der Waals surface area contributed by atoms with Crippen LogP contribution in [-0.2, 0) is 22.7 Å². The van der Waals surface area contributed by atoms with Gasteiger partial charge in [0, 0.05) is 11.8 Å². The van der Waals surface area contributed by atoms with Crippen molar-refractivity contribution >= 4 is 5.82 Å². The molecule has 0 spiro atoms. The molecule has 2 aromatic rings. The molecule has 10 heteroatoms. The minimum Gasteiger partial charge on any atom is -0.394 e. The summed E-state index contributed by atoms with van der Waals surface area (Å²) in [7, 11) is 0. The first-order chi connectivity index (χ1) is 13.0. The second-order valence-electron chi connectivity index (χ2n) is 6.12. The van der Waals surface area contributed by atoms with E-state index in [9.17, 15) is 25.3 Å². The van der Waals surface area contributed by atoms with Gasteiger partial charge in [-0.25, -0.2) is 4.79 Å². The molecule has 0 aliphatic carbocycles. The summed E-state index contributed by atoms with van der Waals surface area (Å²) >= 11 is 0. The van der Waals surface area contributed by atoms with Gasteiger partial charge in [-0.1, -0.05) is 30.3 Å². The third-order valence-electron chi connectivity index (χ3n) is 4.29. The summed E-state index contributed by atoms with van der Waals surface area (Å²) in [5.74, 6) is -0.0870. The highest BCUT2D eigenvalue weighted by molar-refractivity contribution is 5.39. The van der Waals surface area contributed by atoms with Gasteiger partial charge in [-0.2, -0.15) is 4.98 Å². The van der Waals surface area contributed by atoms with Gasteiger partial charge in [-0.05, 0) is 5.56 Å². The number of ether oxygens (including phenoxy) is 2. The number of hydrogen-bond donors (Lipinski definition) is 5. The Bertz CT molecular complexity index is 814. The Morgan fingerprint density at radius 2 is 1.93 bits per heavy atom. The molecule has 10 nitrogen and oxygen atoms in total. The van der Waals surface area contributed by atoms with Crippen LogP contribution < -0.4 is 11.2 Å². The number of aliphatic hydroxyl groups excluding tert-OH is 3. The maximum atomic E-state index is 12.2. The maximum Gasteiger partial charge on any atom is 0.351 e. The molecule has 1 fully saturated rings. The Hall–Kier alpha value is -2.34. The number of rotatable bonds is 7. The van der Waals surface area contributed by atoms with Crippen molar-refractivity contribution in [1.82, 2.24) is 9.55 Å². The SMILES string of the molecule is O=c1nc(NO)c(COCc2ccccc2)cn1[C@@H]1O[C@H](CO)[C@@H](O)[C@H]1O. The molecule has 5 N–H and O–H groups in total. The number of nitrogens with zero attached hydrogens (tertiary/aromatic N) is 2. The van der Waals surface area contributed by atoms with Crippen molar-refractivity contribution in [2.45, 2.75) is 37.8 Å². The van der Waals surface area contributed by atoms with Crippen LogP contribution in [0, 0.1) is 0 Å². The minimum atomic E-state index is -1.42. The van der Waals surface area contributed by atoms with Crippen molar-refractivity contribution in [1.29, 1.82) is 0 Å². The average molecular weight is 379 g/mol. The fourth-order valence-corrected chi connectivity index (χ4v) is 2.86. The second-order valence-corrected chi connectivity index (χ2v) is 6.12. The largest absolute Gasteiger partial charge is 0.394 e. The first kappa shape index (κ1) is 19.4. The molecule has 0 amide bonds. The zero-order valence-corrected chi connectivity index (χ0v) is 14.3. The number of benzene rings is 1. The molecule has 1 aliphatic heterocycles. The van der Waals surface area contributed by atoms with Gasteiger partial charge < -0.3 is 24.8 Å². The molecule has 0 saturated carbocycles. The van der Waals surface area contributed by atoms with E-state index in [1.54, 1.807) is 0 Å². The van der Waals surface area contributed by atoms with Gasteiger partial charge in [0.1, 0.15) is 18.3 Å².